The van der Waals surface area contributed by atoms with E-state index in [9.17, 15) is 4.79 Å². The van der Waals surface area contributed by atoms with E-state index < -0.39 is 0 Å². The third-order valence-electron chi connectivity index (χ3n) is 1.84. The Balaban J connectivity index is 0.000000640. The molecule has 1 rings (SSSR count). The lowest BCUT2D eigenvalue weighted by Crippen LogP contribution is -2.06. The van der Waals surface area contributed by atoms with E-state index in [2.05, 4.69) is 0 Å². The maximum absolute atomic E-state index is 10.2. The molecule has 1 aliphatic rings. The van der Waals surface area contributed by atoms with Gasteiger partial charge in [-0.15, -0.1) is 12.4 Å². The highest BCUT2D eigenvalue weighted by Gasteiger charge is 2.10. The topological polar surface area (TPSA) is 17.1 Å². The molecule has 0 spiro atoms. The molecular weight excluding hydrogens is 136 g/mol. The van der Waals surface area contributed by atoms with Crippen LogP contribution in [0.1, 0.15) is 32.1 Å². The molecule has 1 saturated carbocycles. The Bertz CT molecular complexity index is 77.0. The van der Waals surface area contributed by atoms with Gasteiger partial charge >= 0.3 is 0 Å². The Morgan fingerprint density at radius 2 is 1.67 bits per heavy atom. The van der Waals surface area contributed by atoms with Gasteiger partial charge in [0.15, 0.2) is 0 Å². The van der Waals surface area contributed by atoms with Gasteiger partial charge in [-0.3, -0.25) is 0 Å². The Morgan fingerprint density at radius 1 is 1.11 bits per heavy atom. The van der Waals surface area contributed by atoms with E-state index in [-0.39, 0.29) is 12.4 Å². The van der Waals surface area contributed by atoms with Gasteiger partial charge in [0, 0.05) is 5.92 Å². The van der Waals surface area contributed by atoms with Crippen LogP contribution in [-0.2, 0) is 4.79 Å². The molecule has 0 aromatic rings. The number of hydrogen-bond donors (Lipinski definition) is 0. The van der Waals surface area contributed by atoms with Gasteiger partial charge in [0.05, 0.1) is 0 Å². The molecule has 0 atom stereocenters. The number of hydrogen-bond acceptors (Lipinski definition) is 1. The van der Waals surface area contributed by atoms with Gasteiger partial charge < -0.3 is 4.79 Å². The van der Waals surface area contributed by atoms with Crippen molar-refractivity contribution in [3.63, 3.8) is 0 Å². The molecule has 1 aliphatic carbocycles. The Labute approximate surface area is 62.2 Å². The van der Waals surface area contributed by atoms with Gasteiger partial charge in [-0.2, -0.15) is 0 Å². The van der Waals surface area contributed by atoms with Crippen LogP contribution in [0, 0.1) is 5.92 Å². The lowest BCUT2D eigenvalue weighted by Gasteiger charge is -2.14. The van der Waals surface area contributed by atoms with Gasteiger partial charge in [0.2, 0.25) is 0 Å². The van der Waals surface area contributed by atoms with Gasteiger partial charge in [-0.05, 0) is 12.8 Å². The second-order valence-electron chi connectivity index (χ2n) is 2.53. The zero-order chi connectivity index (χ0) is 5.82. The smallest absolute Gasteiger partial charge is 0.123 e. The SMILES string of the molecule is Cl.O=CC1CCCCC1. The Morgan fingerprint density at radius 3 is 2.00 bits per heavy atom. The molecule has 0 unspecified atom stereocenters. The van der Waals surface area contributed by atoms with E-state index in [4.69, 9.17) is 0 Å². The van der Waals surface area contributed by atoms with Crippen LogP contribution in [0.25, 0.3) is 0 Å². The van der Waals surface area contributed by atoms with Gasteiger partial charge in [-0.25, -0.2) is 0 Å². The molecule has 0 heterocycles. The van der Waals surface area contributed by atoms with E-state index in [0.717, 1.165) is 19.1 Å². The standard InChI is InChI=1S/C7H12O.ClH/c8-6-7-4-2-1-3-5-7;/h6-7H,1-5H2;1H. The first-order valence-electron chi connectivity index (χ1n) is 3.39. The van der Waals surface area contributed by atoms with Crippen molar-refractivity contribution in [2.45, 2.75) is 32.1 Å². The first-order chi connectivity index (χ1) is 3.93. The minimum atomic E-state index is 0. The van der Waals surface area contributed by atoms with Crippen molar-refractivity contribution >= 4 is 18.7 Å². The summed E-state index contributed by atoms with van der Waals surface area (Å²) in [5.74, 6) is 0.406. The maximum atomic E-state index is 10.2. The van der Waals surface area contributed by atoms with E-state index in [1.54, 1.807) is 0 Å². The molecule has 0 bridgehead atoms. The second kappa shape index (κ2) is 4.80. The summed E-state index contributed by atoms with van der Waals surface area (Å²) in [6.07, 6.45) is 7.27. The summed E-state index contributed by atoms with van der Waals surface area (Å²) in [6.45, 7) is 0. The summed E-state index contributed by atoms with van der Waals surface area (Å²) in [6, 6.07) is 0. The summed E-state index contributed by atoms with van der Waals surface area (Å²) in [4.78, 5) is 10.2. The van der Waals surface area contributed by atoms with Crippen molar-refractivity contribution < 1.29 is 4.79 Å². The fourth-order valence-electron chi connectivity index (χ4n) is 1.27. The van der Waals surface area contributed by atoms with Crippen molar-refractivity contribution in [2.75, 3.05) is 0 Å². The van der Waals surface area contributed by atoms with Crippen molar-refractivity contribution in [3.8, 4) is 0 Å². The lowest BCUT2D eigenvalue weighted by molar-refractivity contribution is -0.111. The maximum Gasteiger partial charge on any atom is 0.123 e. The molecule has 0 amide bonds. The molecule has 0 N–H and O–H groups in total. The summed E-state index contributed by atoms with van der Waals surface area (Å²) in [7, 11) is 0. The molecule has 0 aromatic heterocycles. The largest absolute Gasteiger partial charge is 0.303 e. The predicted octanol–water partition coefficient (Wildman–Crippen LogP) is 2.19. The lowest BCUT2D eigenvalue weighted by atomic mass is 9.91. The molecular formula is C7H13ClO. The van der Waals surface area contributed by atoms with Gasteiger partial charge in [0.1, 0.15) is 6.29 Å². The van der Waals surface area contributed by atoms with E-state index in [1.165, 1.54) is 19.3 Å². The van der Waals surface area contributed by atoms with E-state index >= 15 is 0 Å². The fourth-order valence-corrected chi connectivity index (χ4v) is 1.27. The molecule has 9 heavy (non-hydrogen) atoms. The first kappa shape index (κ1) is 8.96. The molecule has 2 heteroatoms. The van der Waals surface area contributed by atoms with Crippen LogP contribution >= 0.6 is 12.4 Å². The van der Waals surface area contributed by atoms with Crippen LogP contribution in [0.4, 0.5) is 0 Å². The quantitative estimate of drug-likeness (QED) is 0.521. The highest BCUT2D eigenvalue weighted by Crippen LogP contribution is 2.21. The molecule has 0 saturated heterocycles. The monoisotopic (exact) mass is 148 g/mol. The number of carbonyl (C=O) groups excluding carboxylic acids is 1. The molecule has 0 radical (unpaired) electrons. The van der Waals surface area contributed by atoms with Crippen LogP contribution in [0.2, 0.25) is 0 Å². The van der Waals surface area contributed by atoms with Crippen LogP contribution in [0.5, 0.6) is 0 Å². The molecule has 1 fully saturated rings. The van der Waals surface area contributed by atoms with E-state index in [0.29, 0.717) is 5.92 Å². The normalized spacial score (nSPS) is 20.4. The Kier molecular flexibility index (Phi) is 4.78. The summed E-state index contributed by atoms with van der Waals surface area (Å²) >= 11 is 0. The summed E-state index contributed by atoms with van der Waals surface area (Å²) < 4.78 is 0. The zero-order valence-corrected chi connectivity index (χ0v) is 6.32. The van der Waals surface area contributed by atoms with Gasteiger partial charge in [-0.1, -0.05) is 19.3 Å². The summed E-state index contributed by atoms with van der Waals surface area (Å²) in [5.41, 5.74) is 0. The summed E-state index contributed by atoms with van der Waals surface area (Å²) in [5, 5.41) is 0. The first-order valence-corrected chi connectivity index (χ1v) is 3.39. The number of rotatable bonds is 1. The Hall–Kier alpha value is -0.0400. The van der Waals surface area contributed by atoms with Crippen molar-refractivity contribution in [3.05, 3.63) is 0 Å². The zero-order valence-electron chi connectivity index (χ0n) is 5.51. The van der Waals surface area contributed by atoms with E-state index in [1.807, 2.05) is 0 Å². The number of halogens is 1. The van der Waals surface area contributed by atoms with Crippen LogP contribution in [0.3, 0.4) is 0 Å². The average Bonchev–Trinajstić information content (AvgIpc) is 1.90. The average molecular weight is 149 g/mol. The number of aldehydes is 1. The fraction of sp³-hybridized carbons (Fsp3) is 0.857. The third kappa shape index (κ3) is 2.85. The highest BCUT2D eigenvalue weighted by molar-refractivity contribution is 5.85. The number of carbonyl (C=O) groups is 1. The molecule has 0 aromatic carbocycles. The molecule has 0 aliphatic heterocycles. The molecule has 54 valence electrons. The van der Waals surface area contributed by atoms with Gasteiger partial charge in [0.25, 0.3) is 0 Å². The van der Waals surface area contributed by atoms with Crippen molar-refractivity contribution in [2.24, 2.45) is 5.92 Å². The predicted molar refractivity (Wildman–Crippen MR) is 39.9 cm³/mol. The second-order valence-corrected chi connectivity index (χ2v) is 2.53. The van der Waals surface area contributed by atoms with Crippen LogP contribution < -0.4 is 0 Å². The molecule has 1 nitrogen and oxygen atoms in total. The van der Waals surface area contributed by atoms with Crippen LogP contribution in [0.15, 0.2) is 0 Å². The van der Waals surface area contributed by atoms with Crippen molar-refractivity contribution in [1.29, 1.82) is 0 Å². The van der Waals surface area contributed by atoms with Crippen LogP contribution in [-0.4, -0.2) is 6.29 Å². The minimum absolute atomic E-state index is 0. The third-order valence-corrected chi connectivity index (χ3v) is 1.84. The highest BCUT2D eigenvalue weighted by atomic mass is 35.5. The van der Waals surface area contributed by atoms with Crippen molar-refractivity contribution in [1.82, 2.24) is 0 Å². The minimum Gasteiger partial charge on any atom is -0.303 e.